The SMILES string of the molecule is CC(=O)c1cccc(NC(=O)C(Sc2nnc(-c3ccoc3C)o2)c2ccccc2)c1. The second-order valence-electron chi connectivity index (χ2n) is 6.80. The minimum Gasteiger partial charge on any atom is -0.469 e. The van der Waals surface area contributed by atoms with Crippen LogP contribution in [0.4, 0.5) is 5.69 Å². The predicted octanol–water partition coefficient (Wildman–Crippen LogP) is 5.31. The van der Waals surface area contributed by atoms with E-state index in [2.05, 4.69) is 15.5 Å². The van der Waals surface area contributed by atoms with Gasteiger partial charge in [-0.05, 0) is 49.4 Å². The maximum Gasteiger partial charge on any atom is 0.277 e. The number of hydrogen-bond acceptors (Lipinski definition) is 7. The first-order valence-electron chi connectivity index (χ1n) is 9.52. The molecule has 4 aromatic rings. The number of nitrogens with one attached hydrogen (secondary N) is 1. The first-order chi connectivity index (χ1) is 15.0. The Bertz CT molecular complexity index is 1220. The summed E-state index contributed by atoms with van der Waals surface area (Å²) in [6, 6.07) is 17.9. The van der Waals surface area contributed by atoms with Gasteiger partial charge in [-0.3, -0.25) is 9.59 Å². The first-order valence-corrected chi connectivity index (χ1v) is 10.4. The van der Waals surface area contributed by atoms with E-state index in [1.165, 1.54) is 6.92 Å². The van der Waals surface area contributed by atoms with Crippen molar-refractivity contribution in [1.29, 1.82) is 0 Å². The third kappa shape index (κ3) is 4.75. The number of benzene rings is 2. The lowest BCUT2D eigenvalue weighted by molar-refractivity contribution is -0.115. The van der Waals surface area contributed by atoms with Gasteiger partial charge in [-0.1, -0.05) is 42.5 Å². The van der Waals surface area contributed by atoms with Crippen LogP contribution in [0.3, 0.4) is 0 Å². The van der Waals surface area contributed by atoms with Crippen LogP contribution in [-0.2, 0) is 4.79 Å². The Morgan fingerprint density at radius 2 is 1.84 bits per heavy atom. The first kappa shape index (κ1) is 20.6. The van der Waals surface area contributed by atoms with Crippen LogP contribution in [-0.4, -0.2) is 21.9 Å². The number of thioether (sulfide) groups is 1. The normalized spacial score (nSPS) is 11.8. The van der Waals surface area contributed by atoms with Crippen LogP contribution in [0, 0.1) is 6.92 Å². The zero-order valence-electron chi connectivity index (χ0n) is 16.9. The maximum absolute atomic E-state index is 13.2. The summed E-state index contributed by atoms with van der Waals surface area (Å²) in [5.41, 5.74) is 2.56. The fraction of sp³-hybridized carbons (Fsp3) is 0.130. The zero-order chi connectivity index (χ0) is 21.8. The summed E-state index contributed by atoms with van der Waals surface area (Å²) in [6.45, 7) is 3.29. The molecule has 0 fully saturated rings. The minimum absolute atomic E-state index is 0.0713. The van der Waals surface area contributed by atoms with Crippen LogP contribution < -0.4 is 5.32 Å². The van der Waals surface area contributed by atoms with Gasteiger partial charge in [0.05, 0.1) is 11.8 Å². The van der Waals surface area contributed by atoms with E-state index in [1.807, 2.05) is 37.3 Å². The molecule has 2 heterocycles. The van der Waals surface area contributed by atoms with E-state index in [9.17, 15) is 9.59 Å². The highest BCUT2D eigenvalue weighted by Gasteiger charge is 2.26. The molecule has 2 aromatic heterocycles. The Morgan fingerprint density at radius 3 is 2.55 bits per heavy atom. The average Bonchev–Trinajstić information content (AvgIpc) is 3.41. The Morgan fingerprint density at radius 1 is 1.03 bits per heavy atom. The van der Waals surface area contributed by atoms with Crippen LogP contribution in [0.5, 0.6) is 0 Å². The van der Waals surface area contributed by atoms with Gasteiger partial charge in [0.1, 0.15) is 11.0 Å². The van der Waals surface area contributed by atoms with E-state index >= 15 is 0 Å². The number of aromatic nitrogens is 2. The van der Waals surface area contributed by atoms with Crippen molar-refractivity contribution >= 4 is 29.1 Å². The molecule has 1 unspecified atom stereocenters. The second-order valence-corrected chi connectivity index (χ2v) is 7.85. The number of hydrogen-bond donors (Lipinski definition) is 1. The lowest BCUT2D eigenvalue weighted by atomic mass is 10.1. The van der Waals surface area contributed by atoms with Gasteiger partial charge in [-0.2, -0.15) is 0 Å². The molecule has 8 heteroatoms. The van der Waals surface area contributed by atoms with Gasteiger partial charge in [-0.15, -0.1) is 10.2 Å². The van der Waals surface area contributed by atoms with E-state index in [0.717, 1.165) is 17.3 Å². The van der Waals surface area contributed by atoms with Crippen molar-refractivity contribution in [3.05, 3.63) is 83.8 Å². The minimum atomic E-state index is -0.638. The number of furan rings is 1. The number of carbonyl (C=O) groups excluding carboxylic acids is 2. The largest absolute Gasteiger partial charge is 0.469 e. The van der Waals surface area contributed by atoms with Gasteiger partial charge in [0.15, 0.2) is 5.78 Å². The number of ketones is 1. The molecule has 1 atom stereocenters. The third-order valence-corrected chi connectivity index (χ3v) is 5.68. The van der Waals surface area contributed by atoms with Crippen molar-refractivity contribution < 1.29 is 18.4 Å². The topological polar surface area (TPSA) is 98.2 Å². The molecule has 0 spiro atoms. The van der Waals surface area contributed by atoms with Crippen LogP contribution in [0.25, 0.3) is 11.5 Å². The number of Topliss-reactive ketones (excluding diaryl/α,β-unsaturated/α-hetero) is 1. The number of amides is 1. The average molecular weight is 433 g/mol. The molecule has 0 saturated heterocycles. The Hall–Kier alpha value is -3.65. The molecule has 2 aromatic carbocycles. The molecule has 0 radical (unpaired) electrons. The lowest BCUT2D eigenvalue weighted by Crippen LogP contribution is -2.19. The van der Waals surface area contributed by atoms with Crippen molar-refractivity contribution in [3.63, 3.8) is 0 Å². The van der Waals surface area contributed by atoms with Crippen LogP contribution in [0.1, 0.15) is 33.9 Å². The van der Waals surface area contributed by atoms with Gasteiger partial charge in [0.2, 0.25) is 5.91 Å². The summed E-state index contributed by atoms with van der Waals surface area (Å²) < 4.78 is 11.1. The number of aryl methyl sites for hydroxylation is 1. The van der Waals surface area contributed by atoms with Crippen LogP contribution >= 0.6 is 11.8 Å². The third-order valence-electron chi connectivity index (χ3n) is 4.59. The molecule has 0 saturated carbocycles. The fourth-order valence-corrected chi connectivity index (χ4v) is 3.87. The summed E-state index contributed by atoms with van der Waals surface area (Å²) in [7, 11) is 0. The van der Waals surface area contributed by atoms with Gasteiger partial charge < -0.3 is 14.2 Å². The van der Waals surface area contributed by atoms with Gasteiger partial charge in [-0.25, -0.2) is 0 Å². The number of carbonyl (C=O) groups is 2. The second kappa shape index (κ2) is 9.01. The molecule has 0 aliphatic carbocycles. The molecular weight excluding hydrogens is 414 g/mol. The van der Waals surface area contributed by atoms with Crippen molar-refractivity contribution in [2.45, 2.75) is 24.3 Å². The van der Waals surface area contributed by atoms with Gasteiger partial charge in [0.25, 0.3) is 11.1 Å². The standard InChI is InChI=1S/C23H19N3O4S/c1-14(27)17-9-6-10-18(13-17)24-21(28)20(16-7-4-3-5-8-16)31-23-26-25-22(30-23)19-11-12-29-15(19)2/h3-13,20H,1-2H3,(H,24,28). The molecular formula is C23H19N3O4S. The van der Waals surface area contributed by atoms with Crippen LogP contribution in [0.15, 0.2) is 81.0 Å². The highest BCUT2D eigenvalue weighted by atomic mass is 32.2. The van der Waals surface area contributed by atoms with E-state index in [0.29, 0.717) is 28.5 Å². The molecule has 0 bridgehead atoms. The summed E-state index contributed by atoms with van der Waals surface area (Å²) >= 11 is 1.15. The summed E-state index contributed by atoms with van der Waals surface area (Å²) in [4.78, 5) is 24.8. The highest BCUT2D eigenvalue weighted by Crippen LogP contribution is 2.37. The maximum atomic E-state index is 13.2. The van der Waals surface area contributed by atoms with Crippen molar-refractivity contribution in [2.24, 2.45) is 0 Å². The molecule has 31 heavy (non-hydrogen) atoms. The molecule has 7 nitrogen and oxygen atoms in total. The zero-order valence-corrected chi connectivity index (χ0v) is 17.7. The molecule has 0 aliphatic heterocycles. The molecule has 0 aliphatic rings. The lowest BCUT2D eigenvalue weighted by Gasteiger charge is -2.15. The van der Waals surface area contributed by atoms with Crippen molar-refractivity contribution in [3.8, 4) is 11.5 Å². The molecule has 4 rings (SSSR count). The number of anilines is 1. The molecule has 156 valence electrons. The Balaban J connectivity index is 1.59. The summed E-state index contributed by atoms with van der Waals surface area (Å²) in [5.74, 6) is 0.659. The predicted molar refractivity (Wildman–Crippen MR) is 117 cm³/mol. The van der Waals surface area contributed by atoms with E-state index < -0.39 is 5.25 Å². The number of rotatable bonds is 7. The highest BCUT2D eigenvalue weighted by molar-refractivity contribution is 8.00. The van der Waals surface area contributed by atoms with Crippen molar-refractivity contribution in [2.75, 3.05) is 5.32 Å². The van der Waals surface area contributed by atoms with E-state index in [1.54, 1.807) is 36.6 Å². The fourth-order valence-electron chi connectivity index (χ4n) is 3.00. The Kier molecular flexibility index (Phi) is 5.99. The van der Waals surface area contributed by atoms with Crippen molar-refractivity contribution in [1.82, 2.24) is 10.2 Å². The summed E-state index contributed by atoms with van der Waals surface area (Å²) in [5, 5.41) is 10.7. The van der Waals surface area contributed by atoms with Gasteiger partial charge >= 0.3 is 0 Å². The Labute approximate surface area is 182 Å². The summed E-state index contributed by atoms with van der Waals surface area (Å²) in [6.07, 6.45) is 1.55. The van der Waals surface area contributed by atoms with E-state index in [4.69, 9.17) is 8.83 Å². The smallest absolute Gasteiger partial charge is 0.277 e. The molecule has 1 N–H and O–H groups in total. The molecule has 1 amide bonds. The quantitative estimate of drug-likeness (QED) is 0.311. The monoisotopic (exact) mass is 433 g/mol. The van der Waals surface area contributed by atoms with E-state index in [-0.39, 0.29) is 16.9 Å². The van der Waals surface area contributed by atoms with Gasteiger partial charge in [0, 0.05) is 11.3 Å². The van der Waals surface area contributed by atoms with Crippen LogP contribution in [0.2, 0.25) is 0 Å². The number of nitrogens with zero attached hydrogens (tertiary/aromatic N) is 2.